The lowest BCUT2D eigenvalue weighted by Gasteiger charge is -2.20. The summed E-state index contributed by atoms with van der Waals surface area (Å²) in [5.74, 6) is 0.275. The zero-order valence-electron chi connectivity index (χ0n) is 8.87. The molecule has 0 aromatic carbocycles. The average molecular weight is 200 g/mol. The Balaban J connectivity index is 2.20. The van der Waals surface area contributed by atoms with Gasteiger partial charge in [0, 0.05) is 32.7 Å². The lowest BCUT2D eigenvalue weighted by molar-refractivity contribution is -0.128. The Hall–Kier alpha value is -0.610. The second kappa shape index (κ2) is 5.98. The fraction of sp³-hybridized carbons (Fsp3) is 0.900. The van der Waals surface area contributed by atoms with Crippen LogP contribution in [0, 0.1) is 0 Å². The van der Waals surface area contributed by atoms with E-state index < -0.39 is 0 Å². The van der Waals surface area contributed by atoms with Crippen LogP contribution < -0.4 is 5.73 Å². The topological polar surface area (TPSA) is 55.6 Å². The molecule has 1 amide bonds. The van der Waals surface area contributed by atoms with Crippen molar-refractivity contribution in [3.05, 3.63) is 0 Å². The third-order valence-corrected chi connectivity index (χ3v) is 2.56. The molecule has 0 aliphatic carbocycles. The summed E-state index contributed by atoms with van der Waals surface area (Å²) >= 11 is 0. The lowest BCUT2D eigenvalue weighted by Crippen LogP contribution is -2.32. The zero-order chi connectivity index (χ0) is 10.4. The lowest BCUT2D eigenvalue weighted by atomic mass is 10.2. The number of amides is 1. The number of rotatable bonds is 6. The third kappa shape index (κ3) is 3.27. The van der Waals surface area contributed by atoms with Crippen LogP contribution in [0.2, 0.25) is 0 Å². The van der Waals surface area contributed by atoms with E-state index in [4.69, 9.17) is 10.5 Å². The molecule has 1 aliphatic heterocycles. The number of ether oxygens (including phenoxy) is 1. The highest BCUT2D eigenvalue weighted by atomic mass is 16.5. The van der Waals surface area contributed by atoms with Crippen LogP contribution in [-0.4, -0.2) is 43.2 Å². The molecule has 1 rings (SSSR count). The second-order valence-electron chi connectivity index (χ2n) is 3.59. The minimum absolute atomic E-state index is 0.105. The first-order chi connectivity index (χ1) is 6.77. The van der Waals surface area contributed by atoms with Crippen molar-refractivity contribution in [1.29, 1.82) is 0 Å². The van der Waals surface area contributed by atoms with E-state index in [2.05, 4.69) is 0 Å². The predicted octanol–water partition coefficient (Wildman–Crippen LogP) is 0.363. The van der Waals surface area contributed by atoms with Crippen LogP contribution >= 0.6 is 0 Å². The fourth-order valence-corrected chi connectivity index (χ4v) is 1.75. The van der Waals surface area contributed by atoms with Crippen molar-refractivity contribution in [1.82, 2.24) is 4.90 Å². The standard InChI is InChI=1S/C10H20N2O2/c1-2-14-9(8-11)5-7-12-6-3-4-10(12)13/h9H,2-8,11H2,1H3. The molecule has 1 atom stereocenters. The highest BCUT2D eigenvalue weighted by molar-refractivity contribution is 5.77. The van der Waals surface area contributed by atoms with Gasteiger partial charge >= 0.3 is 0 Å². The molecule has 1 heterocycles. The molecule has 0 spiro atoms. The summed E-state index contributed by atoms with van der Waals surface area (Å²) in [4.78, 5) is 13.2. The maximum absolute atomic E-state index is 11.3. The molecule has 14 heavy (non-hydrogen) atoms. The molecule has 2 N–H and O–H groups in total. The number of carbonyl (C=O) groups excluding carboxylic acids is 1. The van der Waals surface area contributed by atoms with Crippen molar-refractivity contribution in [2.45, 2.75) is 32.3 Å². The summed E-state index contributed by atoms with van der Waals surface area (Å²) in [6, 6.07) is 0. The SMILES string of the molecule is CCOC(CN)CCN1CCCC1=O. The smallest absolute Gasteiger partial charge is 0.222 e. The van der Waals surface area contributed by atoms with Gasteiger partial charge in [-0.05, 0) is 19.8 Å². The molecule has 1 saturated heterocycles. The highest BCUT2D eigenvalue weighted by Crippen LogP contribution is 2.11. The summed E-state index contributed by atoms with van der Waals surface area (Å²) < 4.78 is 5.42. The number of hydrogen-bond donors (Lipinski definition) is 1. The summed E-state index contributed by atoms with van der Waals surface area (Å²) in [7, 11) is 0. The quantitative estimate of drug-likeness (QED) is 0.673. The Morgan fingerprint density at radius 1 is 1.64 bits per heavy atom. The van der Waals surface area contributed by atoms with Crippen LogP contribution in [0.4, 0.5) is 0 Å². The summed E-state index contributed by atoms with van der Waals surface area (Å²) in [5.41, 5.74) is 5.55. The van der Waals surface area contributed by atoms with Crippen LogP contribution in [0.25, 0.3) is 0 Å². The molecule has 1 fully saturated rings. The van der Waals surface area contributed by atoms with E-state index in [0.29, 0.717) is 19.6 Å². The zero-order valence-corrected chi connectivity index (χ0v) is 8.87. The van der Waals surface area contributed by atoms with E-state index in [1.54, 1.807) is 0 Å². The fourth-order valence-electron chi connectivity index (χ4n) is 1.75. The van der Waals surface area contributed by atoms with E-state index in [1.807, 2.05) is 11.8 Å². The van der Waals surface area contributed by atoms with Crippen molar-refractivity contribution in [2.24, 2.45) is 5.73 Å². The minimum Gasteiger partial charge on any atom is -0.377 e. The normalized spacial score (nSPS) is 19.0. The second-order valence-corrected chi connectivity index (χ2v) is 3.59. The molecule has 0 aromatic rings. The molecule has 0 radical (unpaired) electrons. The van der Waals surface area contributed by atoms with Gasteiger partial charge in [-0.3, -0.25) is 4.79 Å². The van der Waals surface area contributed by atoms with E-state index in [0.717, 1.165) is 25.9 Å². The Labute approximate surface area is 85.4 Å². The molecule has 0 saturated carbocycles. The van der Waals surface area contributed by atoms with Gasteiger partial charge in [-0.15, -0.1) is 0 Å². The van der Waals surface area contributed by atoms with Crippen molar-refractivity contribution in [2.75, 3.05) is 26.2 Å². The van der Waals surface area contributed by atoms with Crippen molar-refractivity contribution >= 4 is 5.91 Å². The maximum Gasteiger partial charge on any atom is 0.222 e. The molecule has 1 aliphatic rings. The molecule has 0 bridgehead atoms. The van der Waals surface area contributed by atoms with Gasteiger partial charge in [0.05, 0.1) is 6.10 Å². The van der Waals surface area contributed by atoms with Crippen LogP contribution in [0.5, 0.6) is 0 Å². The van der Waals surface area contributed by atoms with Gasteiger partial charge in [-0.25, -0.2) is 0 Å². The first-order valence-electron chi connectivity index (χ1n) is 5.37. The summed E-state index contributed by atoms with van der Waals surface area (Å²) in [5, 5.41) is 0. The van der Waals surface area contributed by atoms with Crippen LogP contribution in [0.3, 0.4) is 0 Å². The first-order valence-corrected chi connectivity index (χ1v) is 5.37. The largest absolute Gasteiger partial charge is 0.377 e. The third-order valence-electron chi connectivity index (χ3n) is 2.56. The van der Waals surface area contributed by atoms with Crippen LogP contribution in [0.1, 0.15) is 26.2 Å². The average Bonchev–Trinajstić information content (AvgIpc) is 2.59. The molecule has 82 valence electrons. The number of nitrogens with zero attached hydrogens (tertiary/aromatic N) is 1. The van der Waals surface area contributed by atoms with Gasteiger partial charge < -0.3 is 15.4 Å². The Morgan fingerprint density at radius 2 is 2.43 bits per heavy atom. The first kappa shape index (κ1) is 11.5. The van der Waals surface area contributed by atoms with Crippen molar-refractivity contribution < 1.29 is 9.53 Å². The van der Waals surface area contributed by atoms with Gasteiger partial charge in [0.1, 0.15) is 0 Å². The molecular weight excluding hydrogens is 180 g/mol. The minimum atomic E-state index is 0.105. The van der Waals surface area contributed by atoms with E-state index in [9.17, 15) is 4.79 Å². The predicted molar refractivity (Wildman–Crippen MR) is 54.9 cm³/mol. The highest BCUT2D eigenvalue weighted by Gasteiger charge is 2.20. The van der Waals surface area contributed by atoms with Gasteiger partial charge in [0.2, 0.25) is 5.91 Å². The molecular formula is C10H20N2O2. The Kier molecular flexibility index (Phi) is 4.90. The monoisotopic (exact) mass is 200 g/mol. The maximum atomic E-state index is 11.3. The van der Waals surface area contributed by atoms with E-state index in [1.165, 1.54) is 0 Å². The number of carbonyl (C=O) groups is 1. The Morgan fingerprint density at radius 3 is 2.93 bits per heavy atom. The molecule has 4 nitrogen and oxygen atoms in total. The van der Waals surface area contributed by atoms with Gasteiger partial charge in [0.25, 0.3) is 0 Å². The summed E-state index contributed by atoms with van der Waals surface area (Å²) in [6.45, 7) is 4.89. The van der Waals surface area contributed by atoms with Gasteiger partial charge in [0.15, 0.2) is 0 Å². The van der Waals surface area contributed by atoms with Crippen molar-refractivity contribution in [3.63, 3.8) is 0 Å². The van der Waals surface area contributed by atoms with Gasteiger partial charge in [-0.2, -0.15) is 0 Å². The van der Waals surface area contributed by atoms with E-state index in [-0.39, 0.29) is 12.0 Å². The van der Waals surface area contributed by atoms with E-state index >= 15 is 0 Å². The van der Waals surface area contributed by atoms with Crippen molar-refractivity contribution in [3.8, 4) is 0 Å². The van der Waals surface area contributed by atoms with Crippen LogP contribution in [-0.2, 0) is 9.53 Å². The molecule has 4 heteroatoms. The Bertz CT molecular complexity index is 185. The summed E-state index contributed by atoms with van der Waals surface area (Å²) in [6.07, 6.45) is 2.67. The van der Waals surface area contributed by atoms with Gasteiger partial charge in [-0.1, -0.05) is 0 Å². The number of nitrogens with two attached hydrogens (primary N) is 1. The molecule has 0 aromatic heterocycles. The number of hydrogen-bond acceptors (Lipinski definition) is 3. The molecule has 1 unspecified atom stereocenters. The van der Waals surface area contributed by atoms with Crippen LogP contribution in [0.15, 0.2) is 0 Å². The number of likely N-dealkylation sites (tertiary alicyclic amines) is 1.